The van der Waals surface area contributed by atoms with Gasteiger partial charge in [-0.05, 0) is 42.9 Å². The van der Waals surface area contributed by atoms with Gasteiger partial charge in [-0.1, -0.05) is 43.9 Å². The van der Waals surface area contributed by atoms with Crippen molar-refractivity contribution in [1.29, 1.82) is 0 Å². The van der Waals surface area contributed by atoms with Crippen LogP contribution in [0.3, 0.4) is 0 Å². The van der Waals surface area contributed by atoms with Crippen LogP contribution in [0, 0.1) is 11.7 Å². The summed E-state index contributed by atoms with van der Waals surface area (Å²) in [6.45, 7) is 2.21. The largest absolute Gasteiger partial charge is 0.390 e. The maximum atomic E-state index is 13.4. The molecule has 19 heavy (non-hydrogen) atoms. The van der Waals surface area contributed by atoms with Gasteiger partial charge in [-0.3, -0.25) is 0 Å². The average molecular weight is 285 g/mol. The highest BCUT2D eigenvalue weighted by Crippen LogP contribution is 2.34. The predicted molar refractivity (Wildman–Crippen MR) is 76.9 cm³/mol. The van der Waals surface area contributed by atoms with Crippen LogP contribution in [0.1, 0.15) is 51.0 Å². The van der Waals surface area contributed by atoms with Gasteiger partial charge in [0.05, 0.1) is 10.6 Å². The third-order valence-electron chi connectivity index (χ3n) is 4.37. The Kier molecular flexibility index (Phi) is 4.86. The first-order chi connectivity index (χ1) is 9.02. The summed E-state index contributed by atoms with van der Waals surface area (Å²) in [5, 5.41) is 10.9. The molecule has 3 heteroatoms. The smallest absolute Gasteiger partial charge is 0.142 e. The van der Waals surface area contributed by atoms with Crippen molar-refractivity contribution in [2.75, 3.05) is 0 Å². The molecule has 1 aliphatic carbocycles. The highest BCUT2D eigenvalue weighted by Gasteiger charge is 2.30. The van der Waals surface area contributed by atoms with E-state index in [4.69, 9.17) is 11.6 Å². The molecule has 2 rings (SSSR count). The first kappa shape index (κ1) is 14.8. The minimum Gasteiger partial charge on any atom is -0.390 e. The van der Waals surface area contributed by atoms with Gasteiger partial charge in [0, 0.05) is 6.42 Å². The van der Waals surface area contributed by atoms with E-state index in [1.165, 1.54) is 18.9 Å². The minimum absolute atomic E-state index is 0.141. The average Bonchev–Trinajstić information content (AvgIpc) is 2.56. The molecule has 1 saturated carbocycles. The van der Waals surface area contributed by atoms with E-state index >= 15 is 0 Å². The van der Waals surface area contributed by atoms with Gasteiger partial charge in [0.15, 0.2) is 0 Å². The molecule has 2 unspecified atom stereocenters. The molecule has 0 bridgehead atoms. The van der Waals surface area contributed by atoms with Gasteiger partial charge in [-0.15, -0.1) is 0 Å². The normalized spacial score (nSPS) is 28.1. The fourth-order valence-electron chi connectivity index (χ4n) is 3.08. The highest BCUT2D eigenvalue weighted by molar-refractivity contribution is 6.30. The van der Waals surface area contributed by atoms with Gasteiger partial charge in [0.25, 0.3) is 0 Å². The van der Waals surface area contributed by atoms with E-state index in [1.54, 1.807) is 6.07 Å². The van der Waals surface area contributed by atoms with Crippen molar-refractivity contribution in [2.45, 2.75) is 57.5 Å². The third-order valence-corrected chi connectivity index (χ3v) is 4.67. The Balaban J connectivity index is 2.05. The van der Waals surface area contributed by atoms with E-state index in [9.17, 15) is 9.50 Å². The quantitative estimate of drug-likeness (QED) is 0.795. The van der Waals surface area contributed by atoms with Crippen LogP contribution in [0.25, 0.3) is 0 Å². The van der Waals surface area contributed by atoms with Gasteiger partial charge in [0.2, 0.25) is 0 Å². The molecule has 1 N–H and O–H groups in total. The number of hydrogen-bond donors (Lipinski definition) is 1. The van der Waals surface area contributed by atoms with Crippen molar-refractivity contribution in [3.63, 3.8) is 0 Å². The molecule has 1 aliphatic rings. The number of benzene rings is 1. The van der Waals surface area contributed by atoms with E-state index in [-0.39, 0.29) is 5.02 Å². The van der Waals surface area contributed by atoms with Crippen LogP contribution in [0.4, 0.5) is 4.39 Å². The van der Waals surface area contributed by atoms with Crippen LogP contribution < -0.4 is 0 Å². The maximum Gasteiger partial charge on any atom is 0.142 e. The molecule has 0 spiro atoms. The number of hydrogen-bond acceptors (Lipinski definition) is 1. The summed E-state index contributed by atoms with van der Waals surface area (Å²) in [6, 6.07) is 4.83. The highest BCUT2D eigenvalue weighted by atomic mass is 35.5. The van der Waals surface area contributed by atoms with E-state index in [0.717, 1.165) is 37.2 Å². The van der Waals surface area contributed by atoms with Gasteiger partial charge in [-0.2, -0.15) is 0 Å². The summed E-state index contributed by atoms with van der Waals surface area (Å²) in [6.07, 6.45) is 6.68. The molecule has 0 amide bonds. The van der Waals surface area contributed by atoms with Crippen molar-refractivity contribution in [1.82, 2.24) is 0 Å². The maximum absolute atomic E-state index is 13.4. The lowest BCUT2D eigenvalue weighted by Gasteiger charge is -2.27. The lowest BCUT2D eigenvalue weighted by molar-refractivity contribution is 0.0241. The third kappa shape index (κ3) is 3.93. The Labute approximate surface area is 119 Å². The van der Waals surface area contributed by atoms with Crippen molar-refractivity contribution in [2.24, 2.45) is 5.92 Å². The molecular weight excluding hydrogens is 263 g/mol. The lowest BCUT2D eigenvalue weighted by Crippen LogP contribution is -2.30. The van der Waals surface area contributed by atoms with Crippen molar-refractivity contribution >= 4 is 11.6 Å². The summed E-state index contributed by atoms with van der Waals surface area (Å²) in [5.74, 6) is 0.332. The number of aliphatic hydroxyl groups is 1. The summed E-state index contributed by atoms with van der Waals surface area (Å²) < 4.78 is 13.4. The molecule has 0 radical (unpaired) electrons. The topological polar surface area (TPSA) is 20.2 Å². The molecule has 1 aromatic carbocycles. The molecule has 0 aliphatic heterocycles. The van der Waals surface area contributed by atoms with Crippen LogP contribution >= 0.6 is 11.6 Å². The second-order valence-corrected chi connectivity index (χ2v) is 6.26. The summed E-state index contributed by atoms with van der Waals surface area (Å²) in [7, 11) is 0. The Morgan fingerprint density at radius 1 is 1.37 bits per heavy atom. The Bertz CT molecular complexity index is 435. The molecule has 1 fully saturated rings. The van der Waals surface area contributed by atoms with Gasteiger partial charge in [0.1, 0.15) is 5.82 Å². The molecule has 0 aromatic heterocycles. The van der Waals surface area contributed by atoms with Crippen LogP contribution in [0.5, 0.6) is 0 Å². The molecule has 0 saturated heterocycles. The van der Waals surface area contributed by atoms with Crippen LogP contribution in [-0.2, 0) is 6.42 Å². The second-order valence-electron chi connectivity index (χ2n) is 5.85. The Morgan fingerprint density at radius 2 is 2.16 bits per heavy atom. The van der Waals surface area contributed by atoms with Crippen molar-refractivity contribution in [3.8, 4) is 0 Å². The first-order valence-electron chi connectivity index (χ1n) is 7.19. The SMILES string of the molecule is CCC1CCCC(O)(Cc2ccc(Cl)c(F)c2)CC1. The van der Waals surface area contributed by atoms with Crippen molar-refractivity contribution in [3.05, 3.63) is 34.6 Å². The van der Waals surface area contributed by atoms with E-state index in [0.29, 0.717) is 6.42 Å². The Hall–Kier alpha value is -0.600. The zero-order valence-corrected chi connectivity index (χ0v) is 12.2. The molecule has 0 heterocycles. The monoisotopic (exact) mass is 284 g/mol. The van der Waals surface area contributed by atoms with E-state index in [1.807, 2.05) is 6.07 Å². The number of rotatable bonds is 3. The molecule has 106 valence electrons. The fourth-order valence-corrected chi connectivity index (χ4v) is 3.19. The van der Waals surface area contributed by atoms with Gasteiger partial charge >= 0.3 is 0 Å². The van der Waals surface area contributed by atoms with Crippen LogP contribution in [-0.4, -0.2) is 10.7 Å². The molecular formula is C16H22ClFO. The zero-order chi connectivity index (χ0) is 13.9. The molecule has 2 atom stereocenters. The lowest BCUT2D eigenvalue weighted by atomic mass is 9.87. The summed E-state index contributed by atoms with van der Waals surface area (Å²) >= 11 is 5.68. The Morgan fingerprint density at radius 3 is 2.84 bits per heavy atom. The van der Waals surface area contributed by atoms with E-state index in [2.05, 4.69) is 6.92 Å². The summed E-state index contributed by atoms with van der Waals surface area (Å²) in [4.78, 5) is 0. The number of halogens is 2. The van der Waals surface area contributed by atoms with Crippen LogP contribution in [0.2, 0.25) is 5.02 Å². The first-order valence-corrected chi connectivity index (χ1v) is 7.56. The molecule has 1 nitrogen and oxygen atoms in total. The van der Waals surface area contributed by atoms with E-state index < -0.39 is 11.4 Å². The molecule has 1 aromatic rings. The minimum atomic E-state index is -0.676. The predicted octanol–water partition coefficient (Wildman–Crippen LogP) is 4.74. The zero-order valence-electron chi connectivity index (χ0n) is 11.5. The standard InChI is InChI=1S/C16H22ClFO/c1-2-12-4-3-8-16(19,9-7-12)11-13-5-6-14(17)15(18)10-13/h5-6,10,12,19H,2-4,7-9,11H2,1H3. The van der Waals surface area contributed by atoms with Crippen molar-refractivity contribution < 1.29 is 9.50 Å². The fraction of sp³-hybridized carbons (Fsp3) is 0.625. The summed E-state index contributed by atoms with van der Waals surface area (Å²) in [5.41, 5.74) is 0.156. The van der Waals surface area contributed by atoms with Crippen LogP contribution in [0.15, 0.2) is 18.2 Å². The second kappa shape index (κ2) is 6.23. The van der Waals surface area contributed by atoms with Gasteiger partial charge in [-0.25, -0.2) is 4.39 Å². The van der Waals surface area contributed by atoms with Gasteiger partial charge < -0.3 is 5.11 Å².